The van der Waals surface area contributed by atoms with Gasteiger partial charge in [-0.1, -0.05) is 18.6 Å². The third-order valence-electron chi connectivity index (χ3n) is 4.87. The second-order valence-corrected chi connectivity index (χ2v) is 6.34. The van der Waals surface area contributed by atoms with Gasteiger partial charge in [-0.25, -0.2) is 4.98 Å². The maximum absolute atomic E-state index is 9.96. The van der Waals surface area contributed by atoms with E-state index < -0.39 is 0 Å². The van der Waals surface area contributed by atoms with Crippen molar-refractivity contribution >= 4 is 17.5 Å². The number of carbonyl (C=O) groups is 1. The number of fused-ring (bicyclic) bond motifs is 3. The third kappa shape index (κ3) is 3.54. The molecule has 2 saturated heterocycles. The van der Waals surface area contributed by atoms with Gasteiger partial charge in [0.2, 0.25) is 0 Å². The summed E-state index contributed by atoms with van der Waals surface area (Å²) in [5.41, 5.74) is 2.16. The van der Waals surface area contributed by atoms with Crippen molar-refractivity contribution in [2.24, 2.45) is 0 Å². The maximum Gasteiger partial charge on any atom is 0.290 e. The Kier molecular flexibility index (Phi) is 4.93. The van der Waals surface area contributed by atoms with Gasteiger partial charge in [0.25, 0.3) is 6.47 Å². The predicted octanol–water partition coefficient (Wildman–Crippen LogP) is 2.14. The number of aliphatic hydroxyl groups excluding tert-OH is 1. The number of hydrogen-bond donors (Lipinski definition) is 3. The molecule has 0 saturated carbocycles. The lowest BCUT2D eigenvalue weighted by molar-refractivity contribution is -0.122. The zero-order valence-electron chi connectivity index (χ0n) is 13.1. The van der Waals surface area contributed by atoms with E-state index in [1.165, 1.54) is 19.3 Å². The number of nitrogens with zero attached hydrogens (tertiary/aromatic N) is 2. The van der Waals surface area contributed by atoms with E-state index in [1.54, 1.807) is 0 Å². The Balaban J connectivity index is 0.000000485. The van der Waals surface area contributed by atoms with E-state index in [0.29, 0.717) is 12.1 Å². The van der Waals surface area contributed by atoms with Gasteiger partial charge in [-0.15, -0.1) is 0 Å². The van der Waals surface area contributed by atoms with E-state index in [0.717, 1.165) is 36.2 Å². The number of aromatic amines is 1. The second-order valence-electron chi connectivity index (χ2n) is 6.34. The van der Waals surface area contributed by atoms with Crippen LogP contribution in [0.2, 0.25) is 0 Å². The van der Waals surface area contributed by atoms with E-state index in [4.69, 9.17) is 14.9 Å². The first-order valence-corrected chi connectivity index (χ1v) is 8.16. The van der Waals surface area contributed by atoms with E-state index in [-0.39, 0.29) is 12.6 Å². The SMILES string of the molecule is O=CO.OC1C[C@H]2CCC[C@@H](C1)N2Cc1nc2ccccc2[nH]1. The molecule has 0 radical (unpaired) electrons. The Bertz CT molecular complexity index is 610. The van der Waals surface area contributed by atoms with Crippen molar-refractivity contribution in [3.05, 3.63) is 30.1 Å². The summed E-state index contributed by atoms with van der Waals surface area (Å²) in [6, 6.07) is 9.26. The molecule has 0 spiro atoms. The van der Waals surface area contributed by atoms with Gasteiger partial charge in [-0.05, 0) is 37.8 Å². The first kappa shape index (κ1) is 16.0. The van der Waals surface area contributed by atoms with Gasteiger partial charge >= 0.3 is 0 Å². The molecule has 124 valence electrons. The third-order valence-corrected chi connectivity index (χ3v) is 4.87. The van der Waals surface area contributed by atoms with Crippen molar-refractivity contribution in [2.45, 2.75) is 56.8 Å². The van der Waals surface area contributed by atoms with Crippen LogP contribution in [0, 0.1) is 0 Å². The fourth-order valence-corrected chi connectivity index (χ4v) is 3.96. The van der Waals surface area contributed by atoms with E-state index in [1.807, 2.05) is 12.1 Å². The zero-order valence-corrected chi connectivity index (χ0v) is 13.1. The van der Waals surface area contributed by atoms with Crippen molar-refractivity contribution in [2.75, 3.05) is 0 Å². The molecule has 1 aromatic heterocycles. The van der Waals surface area contributed by atoms with Gasteiger partial charge in [0, 0.05) is 12.1 Å². The molecule has 23 heavy (non-hydrogen) atoms. The van der Waals surface area contributed by atoms with Crippen molar-refractivity contribution < 1.29 is 15.0 Å². The topological polar surface area (TPSA) is 89.4 Å². The number of carboxylic acid groups (broad SMARTS) is 1. The molecule has 6 heteroatoms. The summed E-state index contributed by atoms with van der Waals surface area (Å²) in [7, 11) is 0. The Morgan fingerprint density at radius 1 is 1.26 bits per heavy atom. The highest BCUT2D eigenvalue weighted by atomic mass is 16.3. The number of H-pyrrole nitrogens is 1. The summed E-state index contributed by atoms with van der Waals surface area (Å²) in [5, 5.41) is 16.9. The molecule has 4 rings (SSSR count). The molecule has 6 nitrogen and oxygen atoms in total. The van der Waals surface area contributed by atoms with Crippen LogP contribution >= 0.6 is 0 Å². The number of aromatic nitrogens is 2. The largest absolute Gasteiger partial charge is 0.483 e. The molecular formula is C17H23N3O3. The van der Waals surface area contributed by atoms with Gasteiger partial charge in [0.05, 0.1) is 23.7 Å². The van der Waals surface area contributed by atoms with Gasteiger partial charge in [0.1, 0.15) is 5.82 Å². The van der Waals surface area contributed by atoms with E-state index in [9.17, 15) is 5.11 Å². The maximum atomic E-state index is 9.96. The minimum absolute atomic E-state index is 0.0998. The molecule has 2 aromatic rings. The number of para-hydroxylation sites is 2. The van der Waals surface area contributed by atoms with Crippen molar-refractivity contribution in [3.8, 4) is 0 Å². The van der Waals surface area contributed by atoms with Crippen molar-refractivity contribution in [3.63, 3.8) is 0 Å². The monoisotopic (exact) mass is 317 g/mol. The molecule has 2 aliphatic heterocycles. The lowest BCUT2D eigenvalue weighted by Crippen LogP contribution is -2.52. The van der Waals surface area contributed by atoms with E-state index >= 15 is 0 Å². The number of hydrogen-bond acceptors (Lipinski definition) is 4. The molecule has 1 aromatic carbocycles. The minimum atomic E-state index is -0.250. The van der Waals surface area contributed by atoms with Crippen LogP contribution in [0.25, 0.3) is 11.0 Å². The van der Waals surface area contributed by atoms with Crippen LogP contribution in [0.1, 0.15) is 37.9 Å². The van der Waals surface area contributed by atoms with Crippen molar-refractivity contribution in [1.29, 1.82) is 0 Å². The summed E-state index contributed by atoms with van der Waals surface area (Å²) < 4.78 is 0. The average Bonchev–Trinajstić information content (AvgIpc) is 2.91. The highest BCUT2D eigenvalue weighted by Crippen LogP contribution is 2.35. The molecule has 2 aliphatic rings. The molecular weight excluding hydrogens is 294 g/mol. The number of rotatable bonds is 2. The fourth-order valence-electron chi connectivity index (χ4n) is 3.96. The van der Waals surface area contributed by atoms with Crippen LogP contribution in [0.3, 0.4) is 0 Å². The van der Waals surface area contributed by atoms with Gasteiger partial charge in [-0.2, -0.15) is 0 Å². The lowest BCUT2D eigenvalue weighted by Gasteiger charge is -2.47. The Morgan fingerprint density at radius 3 is 2.57 bits per heavy atom. The number of piperidine rings is 2. The van der Waals surface area contributed by atoms with Crippen LogP contribution in [0.5, 0.6) is 0 Å². The molecule has 3 heterocycles. The normalized spacial score (nSPS) is 27.3. The minimum Gasteiger partial charge on any atom is -0.483 e. The molecule has 3 N–H and O–H groups in total. The van der Waals surface area contributed by atoms with Gasteiger partial charge < -0.3 is 15.2 Å². The first-order valence-electron chi connectivity index (χ1n) is 8.16. The fraction of sp³-hybridized carbons (Fsp3) is 0.529. The van der Waals surface area contributed by atoms with Crippen LogP contribution in [-0.4, -0.2) is 49.7 Å². The van der Waals surface area contributed by atoms with E-state index in [2.05, 4.69) is 22.0 Å². The molecule has 0 aliphatic carbocycles. The molecule has 2 bridgehead atoms. The number of aliphatic hydroxyl groups is 1. The van der Waals surface area contributed by atoms with Crippen LogP contribution < -0.4 is 0 Å². The number of nitrogens with one attached hydrogen (secondary N) is 1. The van der Waals surface area contributed by atoms with Crippen LogP contribution in [0.4, 0.5) is 0 Å². The molecule has 2 fully saturated rings. The summed E-state index contributed by atoms with van der Waals surface area (Å²) in [5.74, 6) is 1.06. The van der Waals surface area contributed by atoms with Gasteiger partial charge in [0.15, 0.2) is 0 Å². The number of benzene rings is 1. The molecule has 3 atom stereocenters. The Morgan fingerprint density at radius 2 is 1.91 bits per heavy atom. The summed E-state index contributed by atoms with van der Waals surface area (Å²) in [4.78, 5) is 19.0. The number of imidazole rings is 1. The second kappa shape index (κ2) is 7.10. The summed E-state index contributed by atoms with van der Waals surface area (Å²) >= 11 is 0. The van der Waals surface area contributed by atoms with Crippen LogP contribution in [0.15, 0.2) is 24.3 Å². The average molecular weight is 317 g/mol. The van der Waals surface area contributed by atoms with Gasteiger partial charge in [-0.3, -0.25) is 9.69 Å². The summed E-state index contributed by atoms with van der Waals surface area (Å²) in [6.45, 7) is 0.636. The van der Waals surface area contributed by atoms with Crippen LogP contribution in [-0.2, 0) is 11.3 Å². The molecule has 1 unspecified atom stereocenters. The quantitative estimate of drug-likeness (QED) is 0.738. The highest BCUT2D eigenvalue weighted by molar-refractivity contribution is 5.74. The Labute approximate surface area is 135 Å². The standard InChI is InChI=1S/C16H21N3O.CH2O2/c20-13-8-11-4-3-5-12(9-13)19(11)10-16-17-14-6-1-2-7-15(14)18-16;2-1-3/h1-2,6-7,11-13,20H,3-5,8-10H2,(H,17,18);1H,(H,2,3)/t11-,12+,13?;. The lowest BCUT2D eigenvalue weighted by atomic mass is 9.83. The summed E-state index contributed by atoms with van der Waals surface area (Å²) in [6.07, 6.45) is 5.49. The smallest absolute Gasteiger partial charge is 0.290 e. The predicted molar refractivity (Wildman–Crippen MR) is 87.0 cm³/mol. The first-order chi connectivity index (χ1) is 11.2. The van der Waals surface area contributed by atoms with Crippen molar-refractivity contribution in [1.82, 2.24) is 14.9 Å². The highest BCUT2D eigenvalue weighted by Gasteiger charge is 2.37. The molecule has 0 amide bonds. The Hall–Kier alpha value is -1.92. The zero-order chi connectivity index (χ0) is 16.2.